The Morgan fingerprint density at radius 2 is 1.89 bits per heavy atom. The molecule has 0 aromatic heterocycles. The SMILES string of the molecule is C[C@H](C(=O)Nc1ccc(F)c(F)c1)N1CCCCC1. The number of carbonyl (C=O) groups excluding carboxylic acids is 1. The first-order valence-corrected chi connectivity index (χ1v) is 6.58. The van der Waals surface area contributed by atoms with Gasteiger partial charge in [0.15, 0.2) is 11.6 Å². The van der Waals surface area contributed by atoms with Crippen LogP contribution in [0.5, 0.6) is 0 Å². The van der Waals surface area contributed by atoms with Crippen molar-refractivity contribution in [2.24, 2.45) is 0 Å². The lowest BCUT2D eigenvalue weighted by molar-refractivity contribution is -0.121. The van der Waals surface area contributed by atoms with Crippen molar-refractivity contribution >= 4 is 11.6 Å². The third-order valence-electron chi connectivity index (χ3n) is 3.50. The van der Waals surface area contributed by atoms with E-state index in [0.717, 1.165) is 38.1 Å². The minimum atomic E-state index is -0.955. The number of nitrogens with zero attached hydrogens (tertiary/aromatic N) is 1. The van der Waals surface area contributed by atoms with E-state index in [2.05, 4.69) is 10.2 Å². The number of benzene rings is 1. The van der Waals surface area contributed by atoms with Crippen LogP contribution >= 0.6 is 0 Å². The molecule has 1 aromatic carbocycles. The van der Waals surface area contributed by atoms with Crippen LogP contribution in [0, 0.1) is 11.6 Å². The van der Waals surface area contributed by atoms with Crippen LogP contribution in [0.2, 0.25) is 0 Å². The van der Waals surface area contributed by atoms with Crippen LogP contribution in [0.3, 0.4) is 0 Å². The van der Waals surface area contributed by atoms with Gasteiger partial charge in [-0.15, -0.1) is 0 Å². The number of likely N-dealkylation sites (tertiary alicyclic amines) is 1. The van der Waals surface area contributed by atoms with Gasteiger partial charge in [-0.05, 0) is 45.0 Å². The second-order valence-electron chi connectivity index (χ2n) is 4.89. The summed E-state index contributed by atoms with van der Waals surface area (Å²) in [5.41, 5.74) is 0.285. The molecule has 0 radical (unpaired) electrons. The number of rotatable bonds is 3. The normalized spacial score (nSPS) is 18.1. The van der Waals surface area contributed by atoms with Crippen LogP contribution in [-0.2, 0) is 4.79 Å². The van der Waals surface area contributed by atoms with E-state index in [1.807, 2.05) is 6.92 Å². The highest BCUT2D eigenvalue weighted by Crippen LogP contribution is 2.16. The summed E-state index contributed by atoms with van der Waals surface area (Å²) in [6.45, 7) is 3.65. The van der Waals surface area contributed by atoms with Crippen LogP contribution in [0.1, 0.15) is 26.2 Å². The predicted molar refractivity (Wildman–Crippen MR) is 69.9 cm³/mol. The van der Waals surface area contributed by atoms with Gasteiger partial charge < -0.3 is 5.32 Å². The summed E-state index contributed by atoms with van der Waals surface area (Å²) in [5, 5.41) is 2.62. The molecule has 1 N–H and O–H groups in total. The number of nitrogens with one attached hydrogen (secondary N) is 1. The van der Waals surface area contributed by atoms with Gasteiger partial charge in [-0.1, -0.05) is 6.42 Å². The van der Waals surface area contributed by atoms with E-state index in [-0.39, 0.29) is 17.6 Å². The average Bonchev–Trinajstić information content (AvgIpc) is 2.43. The van der Waals surface area contributed by atoms with E-state index in [9.17, 15) is 13.6 Å². The summed E-state index contributed by atoms with van der Waals surface area (Å²) in [7, 11) is 0. The van der Waals surface area contributed by atoms with Crippen molar-refractivity contribution in [3.8, 4) is 0 Å². The Morgan fingerprint density at radius 3 is 2.53 bits per heavy atom. The molecule has 1 aliphatic rings. The second-order valence-corrected chi connectivity index (χ2v) is 4.89. The molecule has 1 aliphatic heterocycles. The molecule has 1 aromatic rings. The van der Waals surface area contributed by atoms with Crippen LogP contribution in [0.25, 0.3) is 0 Å². The highest BCUT2D eigenvalue weighted by molar-refractivity contribution is 5.94. The monoisotopic (exact) mass is 268 g/mol. The summed E-state index contributed by atoms with van der Waals surface area (Å²) < 4.78 is 25.8. The van der Waals surface area contributed by atoms with Gasteiger partial charge in [0, 0.05) is 11.8 Å². The molecule has 0 saturated carbocycles. The Hall–Kier alpha value is -1.49. The number of anilines is 1. The molecule has 1 atom stereocenters. The topological polar surface area (TPSA) is 32.3 Å². The fourth-order valence-corrected chi connectivity index (χ4v) is 2.29. The number of halogens is 2. The van der Waals surface area contributed by atoms with Gasteiger partial charge in [0.05, 0.1) is 6.04 Å². The first-order chi connectivity index (χ1) is 9.08. The molecule has 0 spiro atoms. The van der Waals surface area contributed by atoms with E-state index in [1.54, 1.807) is 0 Å². The number of carbonyl (C=O) groups is 1. The largest absolute Gasteiger partial charge is 0.325 e. The lowest BCUT2D eigenvalue weighted by Gasteiger charge is -2.31. The highest BCUT2D eigenvalue weighted by atomic mass is 19.2. The molecule has 1 fully saturated rings. The smallest absolute Gasteiger partial charge is 0.241 e. The molecule has 5 heteroatoms. The van der Waals surface area contributed by atoms with Crippen molar-refractivity contribution in [2.45, 2.75) is 32.2 Å². The molecule has 1 heterocycles. The Kier molecular flexibility index (Phi) is 4.47. The lowest BCUT2D eigenvalue weighted by atomic mass is 10.1. The standard InChI is InChI=1S/C14H18F2N2O/c1-10(18-7-3-2-4-8-18)14(19)17-11-5-6-12(15)13(16)9-11/h5-6,9-10H,2-4,7-8H2,1H3,(H,17,19)/t10-/m1/s1. The quantitative estimate of drug-likeness (QED) is 0.914. The maximum absolute atomic E-state index is 13.0. The zero-order valence-corrected chi connectivity index (χ0v) is 11.0. The molecule has 104 valence electrons. The Bertz CT molecular complexity index is 459. The highest BCUT2D eigenvalue weighted by Gasteiger charge is 2.22. The summed E-state index contributed by atoms with van der Waals surface area (Å²) in [4.78, 5) is 14.1. The molecule has 2 rings (SSSR count). The molecular formula is C14H18F2N2O. The summed E-state index contributed by atoms with van der Waals surface area (Å²) >= 11 is 0. The average molecular weight is 268 g/mol. The molecule has 19 heavy (non-hydrogen) atoms. The minimum Gasteiger partial charge on any atom is -0.325 e. The maximum Gasteiger partial charge on any atom is 0.241 e. The number of hydrogen-bond donors (Lipinski definition) is 1. The van der Waals surface area contributed by atoms with Crippen LogP contribution in [-0.4, -0.2) is 29.9 Å². The number of piperidine rings is 1. The van der Waals surface area contributed by atoms with Crippen molar-refractivity contribution in [1.82, 2.24) is 4.90 Å². The summed E-state index contributed by atoms with van der Waals surface area (Å²) in [6.07, 6.45) is 3.40. The van der Waals surface area contributed by atoms with Gasteiger partial charge in [0.1, 0.15) is 0 Å². The first kappa shape index (κ1) is 13.9. The van der Waals surface area contributed by atoms with Gasteiger partial charge in [-0.25, -0.2) is 8.78 Å². The molecular weight excluding hydrogens is 250 g/mol. The summed E-state index contributed by atoms with van der Waals surface area (Å²) in [5.74, 6) is -2.06. The zero-order valence-electron chi connectivity index (χ0n) is 11.0. The molecule has 1 saturated heterocycles. The van der Waals surface area contributed by atoms with Crippen molar-refractivity contribution in [2.75, 3.05) is 18.4 Å². The zero-order chi connectivity index (χ0) is 13.8. The van der Waals surface area contributed by atoms with Gasteiger partial charge >= 0.3 is 0 Å². The van der Waals surface area contributed by atoms with Gasteiger partial charge in [-0.2, -0.15) is 0 Å². The van der Waals surface area contributed by atoms with Crippen LogP contribution in [0.15, 0.2) is 18.2 Å². The molecule has 3 nitrogen and oxygen atoms in total. The lowest BCUT2D eigenvalue weighted by Crippen LogP contribution is -2.44. The van der Waals surface area contributed by atoms with E-state index in [1.165, 1.54) is 12.5 Å². The fourth-order valence-electron chi connectivity index (χ4n) is 2.29. The second kappa shape index (κ2) is 6.10. The van der Waals surface area contributed by atoms with Crippen LogP contribution in [0.4, 0.5) is 14.5 Å². The number of amides is 1. The van der Waals surface area contributed by atoms with Gasteiger partial charge in [0.25, 0.3) is 0 Å². The maximum atomic E-state index is 13.0. The Balaban J connectivity index is 1.97. The minimum absolute atomic E-state index is 0.187. The van der Waals surface area contributed by atoms with Crippen molar-refractivity contribution in [3.63, 3.8) is 0 Å². The fraction of sp³-hybridized carbons (Fsp3) is 0.500. The third kappa shape index (κ3) is 3.50. The van der Waals surface area contributed by atoms with E-state index in [0.29, 0.717) is 0 Å². The van der Waals surface area contributed by atoms with E-state index >= 15 is 0 Å². The van der Waals surface area contributed by atoms with Crippen molar-refractivity contribution in [1.29, 1.82) is 0 Å². The van der Waals surface area contributed by atoms with Gasteiger partial charge in [0.2, 0.25) is 5.91 Å². The molecule has 0 bridgehead atoms. The van der Waals surface area contributed by atoms with Gasteiger partial charge in [-0.3, -0.25) is 9.69 Å². The molecule has 0 unspecified atom stereocenters. The van der Waals surface area contributed by atoms with Crippen LogP contribution < -0.4 is 5.32 Å². The van der Waals surface area contributed by atoms with E-state index in [4.69, 9.17) is 0 Å². The first-order valence-electron chi connectivity index (χ1n) is 6.58. The molecule has 0 aliphatic carbocycles. The third-order valence-corrected chi connectivity index (χ3v) is 3.50. The summed E-state index contributed by atoms with van der Waals surface area (Å²) in [6, 6.07) is 3.11. The van der Waals surface area contributed by atoms with Crippen molar-refractivity contribution < 1.29 is 13.6 Å². The predicted octanol–water partition coefficient (Wildman–Crippen LogP) is 2.78. The number of hydrogen-bond acceptors (Lipinski definition) is 2. The Morgan fingerprint density at radius 1 is 1.21 bits per heavy atom. The Labute approximate surface area is 111 Å². The van der Waals surface area contributed by atoms with E-state index < -0.39 is 11.6 Å². The molecule has 1 amide bonds. The van der Waals surface area contributed by atoms with Crippen molar-refractivity contribution in [3.05, 3.63) is 29.8 Å².